The molecule has 0 spiro atoms. The van der Waals surface area contributed by atoms with Gasteiger partial charge in [0.2, 0.25) is 0 Å². The highest BCUT2D eigenvalue weighted by atomic mass is 32.1. The summed E-state index contributed by atoms with van der Waals surface area (Å²) < 4.78 is 11.4. The summed E-state index contributed by atoms with van der Waals surface area (Å²) in [6, 6.07) is 35.0. The third-order valence-electron chi connectivity index (χ3n) is 7.44. The first-order chi connectivity index (χ1) is 24.3. The smallest absolute Gasteiger partial charge is 0.276 e. The second-order valence-corrected chi connectivity index (χ2v) is 11.8. The number of benzene rings is 4. The molecule has 0 saturated carbocycles. The van der Waals surface area contributed by atoms with Crippen molar-refractivity contribution in [2.24, 2.45) is 0 Å². The number of amides is 2. The van der Waals surface area contributed by atoms with Gasteiger partial charge in [-0.15, -0.1) is 0 Å². The van der Waals surface area contributed by atoms with Crippen LogP contribution in [0.1, 0.15) is 48.9 Å². The van der Waals surface area contributed by atoms with Crippen LogP contribution in [0.2, 0.25) is 0 Å². The summed E-state index contributed by atoms with van der Waals surface area (Å²) in [4.78, 5) is 24.6. The molecule has 6 N–H and O–H groups in total. The molecule has 0 fully saturated rings. The van der Waals surface area contributed by atoms with Crippen LogP contribution in [0.3, 0.4) is 0 Å². The monoisotopic (exact) mass is 710 g/mol. The van der Waals surface area contributed by atoms with Crippen molar-refractivity contribution in [1.82, 2.24) is 32.3 Å². The Labute approximate surface area is 304 Å². The fraction of sp³-hybridized carbons (Fsp3) is 0.211. The summed E-state index contributed by atoms with van der Waals surface area (Å²) in [5, 5.41) is 6.69. The number of ether oxygens (including phenoxy) is 2. The van der Waals surface area contributed by atoms with Crippen molar-refractivity contribution in [3.63, 3.8) is 0 Å². The first kappa shape index (κ1) is 37.4. The number of allylic oxidation sites excluding steroid dienone is 2. The fourth-order valence-corrected chi connectivity index (χ4v) is 5.20. The van der Waals surface area contributed by atoms with Crippen LogP contribution in [0.4, 0.5) is 0 Å². The van der Waals surface area contributed by atoms with Gasteiger partial charge in [0.05, 0.1) is 0 Å². The van der Waals surface area contributed by atoms with E-state index in [1.807, 2.05) is 109 Å². The average molecular weight is 711 g/mol. The fourth-order valence-electron chi connectivity index (χ4n) is 4.96. The van der Waals surface area contributed by atoms with Gasteiger partial charge in [0.15, 0.2) is 23.4 Å². The molecule has 0 aliphatic carbocycles. The van der Waals surface area contributed by atoms with Gasteiger partial charge in [0.1, 0.15) is 11.5 Å². The highest BCUT2D eigenvalue weighted by Crippen LogP contribution is 2.33. The molecule has 0 aromatic heterocycles. The molecule has 260 valence electrons. The topological polar surface area (TPSA) is 125 Å². The van der Waals surface area contributed by atoms with Crippen molar-refractivity contribution in [2.75, 3.05) is 13.2 Å². The van der Waals surface area contributed by atoms with Gasteiger partial charge in [-0.05, 0) is 94.9 Å². The van der Waals surface area contributed by atoms with E-state index in [0.29, 0.717) is 34.8 Å². The van der Waals surface area contributed by atoms with E-state index < -0.39 is 0 Å². The van der Waals surface area contributed by atoms with E-state index >= 15 is 0 Å². The van der Waals surface area contributed by atoms with E-state index in [9.17, 15) is 9.59 Å². The molecular weight excluding hydrogens is 669 g/mol. The van der Waals surface area contributed by atoms with Gasteiger partial charge in [-0.25, -0.2) is 0 Å². The van der Waals surface area contributed by atoms with Crippen LogP contribution in [0.15, 0.2) is 109 Å². The lowest BCUT2D eigenvalue weighted by Gasteiger charge is -2.16. The molecule has 0 heterocycles. The minimum Gasteiger partial charge on any atom is -0.484 e. The Morgan fingerprint density at radius 2 is 0.880 bits per heavy atom. The predicted octanol–water partition coefficient (Wildman–Crippen LogP) is 5.57. The van der Waals surface area contributed by atoms with Crippen LogP contribution in [-0.2, 0) is 22.7 Å². The number of carbonyl (C=O) groups is 2. The van der Waals surface area contributed by atoms with Crippen LogP contribution in [0, 0.1) is 0 Å². The van der Waals surface area contributed by atoms with Crippen molar-refractivity contribution in [3.05, 3.63) is 131 Å². The summed E-state index contributed by atoms with van der Waals surface area (Å²) in [7, 11) is 0. The van der Waals surface area contributed by atoms with Gasteiger partial charge in [0, 0.05) is 13.1 Å². The van der Waals surface area contributed by atoms with Crippen molar-refractivity contribution in [3.8, 4) is 11.5 Å². The summed E-state index contributed by atoms with van der Waals surface area (Å²) in [5.74, 6) is 0.434. The maximum absolute atomic E-state index is 12.3. The molecule has 4 aromatic carbocycles. The zero-order valence-electron chi connectivity index (χ0n) is 28.1. The molecule has 0 radical (unpaired) electrons. The van der Waals surface area contributed by atoms with Crippen LogP contribution < -0.4 is 41.8 Å². The maximum atomic E-state index is 12.3. The molecule has 2 amide bonds. The van der Waals surface area contributed by atoms with Gasteiger partial charge < -0.3 is 20.1 Å². The van der Waals surface area contributed by atoms with Crippen molar-refractivity contribution >= 4 is 57.6 Å². The van der Waals surface area contributed by atoms with E-state index in [-0.39, 0.29) is 25.0 Å². The Kier molecular flexibility index (Phi) is 15.1. The molecule has 0 aliphatic rings. The molecule has 0 unspecified atom stereocenters. The quantitative estimate of drug-likeness (QED) is 0.0563. The number of nitrogens with one attached hydrogen (secondary N) is 6. The second-order valence-electron chi connectivity index (χ2n) is 11.0. The molecule has 50 heavy (non-hydrogen) atoms. The highest BCUT2D eigenvalue weighted by Gasteiger charge is 2.11. The third kappa shape index (κ3) is 12.5. The summed E-state index contributed by atoms with van der Waals surface area (Å²) in [6.07, 6.45) is 1.65. The van der Waals surface area contributed by atoms with Gasteiger partial charge in [-0.1, -0.05) is 98.8 Å². The Hall–Kier alpha value is -5.46. The molecule has 0 aliphatic heterocycles. The van der Waals surface area contributed by atoms with E-state index in [2.05, 4.69) is 46.2 Å². The Balaban J connectivity index is 1.22. The normalized spacial score (nSPS) is 10.9. The van der Waals surface area contributed by atoms with Crippen LogP contribution in [0.5, 0.6) is 11.5 Å². The predicted molar refractivity (Wildman–Crippen MR) is 206 cm³/mol. The first-order valence-corrected chi connectivity index (χ1v) is 17.1. The molecule has 0 saturated heterocycles. The zero-order chi connectivity index (χ0) is 35.6. The van der Waals surface area contributed by atoms with E-state index in [0.717, 1.165) is 35.1 Å². The molecule has 0 bridgehead atoms. The van der Waals surface area contributed by atoms with E-state index in [1.165, 1.54) is 11.1 Å². The number of carbonyl (C=O) groups excluding carboxylic acids is 2. The molecule has 0 atom stereocenters. The van der Waals surface area contributed by atoms with Gasteiger partial charge in [0.25, 0.3) is 11.8 Å². The van der Waals surface area contributed by atoms with Gasteiger partial charge in [-0.2, -0.15) is 0 Å². The third-order valence-corrected chi connectivity index (χ3v) is 7.93. The van der Waals surface area contributed by atoms with Gasteiger partial charge in [-0.3, -0.25) is 31.3 Å². The number of hydrazine groups is 2. The number of hydrogen-bond acceptors (Lipinski definition) is 6. The van der Waals surface area contributed by atoms with Gasteiger partial charge >= 0.3 is 0 Å². The van der Waals surface area contributed by atoms with Crippen molar-refractivity contribution < 1.29 is 19.1 Å². The lowest BCUT2D eigenvalue weighted by Crippen LogP contribution is -2.48. The van der Waals surface area contributed by atoms with E-state index in [4.69, 9.17) is 33.9 Å². The SMILES string of the molecule is CCC(=C(CC)c1ccc(OCC(=O)NNC(=S)NCc2ccccc2)cc1)c1ccc(OCC(=O)NNC(=S)NCc2ccccc2)cc1. The maximum Gasteiger partial charge on any atom is 0.276 e. The first-order valence-electron chi connectivity index (χ1n) is 16.3. The molecular formula is C38H42N6O4S2. The molecule has 12 heteroatoms. The zero-order valence-corrected chi connectivity index (χ0v) is 29.7. The van der Waals surface area contributed by atoms with Crippen LogP contribution in [0.25, 0.3) is 11.1 Å². The number of thiocarbonyl (C=S) groups is 2. The van der Waals surface area contributed by atoms with E-state index in [1.54, 1.807) is 0 Å². The Bertz CT molecular complexity index is 1610. The Morgan fingerprint density at radius 1 is 0.520 bits per heavy atom. The number of rotatable bonds is 14. The largest absolute Gasteiger partial charge is 0.484 e. The molecule has 10 nitrogen and oxygen atoms in total. The average Bonchev–Trinajstić information content (AvgIpc) is 3.16. The van der Waals surface area contributed by atoms with Crippen LogP contribution >= 0.6 is 24.4 Å². The highest BCUT2D eigenvalue weighted by molar-refractivity contribution is 7.80. The number of hydrogen-bond donors (Lipinski definition) is 6. The second kappa shape index (κ2) is 20.1. The van der Waals surface area contributed by atoms with Crippen LogP contribution in [-0.4, -0.2) is 35.3 Å². The lowest BCUT2D eigenvalue weighted by atomic mass is 9.91. The van der Waals surface area contributed by atoms with Crippen molar-refractivity contribution in [2.45, 2.75) is 39.8 Å². The minimum absolute atomic E-state index is 0.170. The summed E-state index contributed by atoms with van der Waals surface area (Å²) in [5.41, 5.74) is 17.1. The minimum atomic E-state index is -0.360. The summed E-state index contributed by atoms with van der Waals surface area (Å²) >= 11 is 10.4. The molecule has 4 aromatic rings. The van der Waals surface area contributed by atoms with Crippen molar-refractivity contribution in [1.29, 1.82) is 0 Å². The lowest BCUT2D eigenvalue weighted by molar-refractivity contribution is -0.124. The molecule has 4 rings (SSSR count). The standard InChI is InChI=1S/C38H42N6O4S2/c1-3-33(29-15-19-31(20-16-29)47-25-35(45)41-43-37(49)39-23-27-11-7-5-8-12-27)34(4-2)30-17-21-32(22-18-30)48-26-36(46)42-44-38(50)40-24-28-13-9-6-10-14-28/h5-22H,3-4,23-26H2,1-2H3,(H,41,45)(H,42,46)(H2,39,43,49)(H2,40,44,50). The Morgan fingerprint density at radius 3 is 1.22 bits per heavy atom. The summed E-state index contributed by atoms with van der Waals surface area (Å²) in [6.45, 7) is 5.00.